The Labute approximate surface area is 121 Å². The van der Waals surface area contributed by atoms with Gasteiger partial charge >= 0.3 is 0 Å². The molecule has 0 radical (unpaired) electrons. The Morgan fingerprint density at radius 3 is 2.76 bits per heavy atom. The molecule has 5 heteroatoms. The molecule has 0 aliphatic heterocycles. The first-order valence-electron chi connectivity index (χ1n) is 6.35. The number of ether oxygens (including phenoxy) is 1. The van der Waals surface area contributed by atoms with Gasteiger partial charge in [-0.25, -0.2) is 0 Å². The zero-order chi connectivity index (χ0) is 14.8. The average molecular weight is 279 g/mol. The molecule has 0 saturated carbocycles. The van der Waals surface area contributed by atoms with E-state index in [1.54, 1.807) is 36.5 Å². The molecule has 2 aromatic carbocycles. The van der Waals surface area contributed by atoms with Gasteiger partial charge in [0.25, 0.3) is 5.91 Å². The van der Waals surface area contributed by atoms with Crippen molar-refractivity contribution in [3.63, 3.8) is 0 Å². The molecule has 104 valence electrons. The first-order valence-corrected chi connectivity index (χ1v) is 6.35. The lowest BCUT2D eigenvalue weighted by atomic mass is 10.1. The first kappa shape index (κ1) is 12.9. The molecule has 0 spiro atoms. The molecule has 0 fully saturated rings. The smallest absolute Gasteiger partial charge is 0.252 e. The van der Waals surface area contributed by atoms with Gasteiger partial charge in [-0.05, 0) is 30.3 Å². The van der Waals surface area contributed by atoms with Crippen LogP contribution in [0.25, 0.3) is 10.9 Å². The van der Waals surface area contributed by atoms with Crippen LogP contribution in [0.3, 0.4) is 0 Å². The Morgan fingerprint density at radius 1 is 1.10 bits per heavy atom. The van der Waals surface area contributed by atoms with Crippen LogP contribution in [0.5, 0.6) is 11.5 Å². The van der Waals surface area contributed by atoms with Crippen molar-refractivity contribution in [1.82, 2.24) is 4.98 Å². The maximum atomic E-state index is 11.4. The van der Waals surface area contributed by atoms with Crippen molar-refractivity contribution in [3.8, 4) is 11.5 Å². The van der Waals surface area contributed by atoms with Gasteiger partial charge in [0.2, 0.25) is 0 Å². The number of benzene rings is 2. The SMILES string of the molecule is NC(=O)c1ccc(N)cc1Oc1ccc2cccnc2c1. The number of aromatic nitrogens is 1. The highest BCUT2D eigenvalue weighted by Crippen LogP contribution is 2.29. The summed E-state index contributed by atoms with van der Waals surface area (Å²) < 4.78 is 5.74. The van der Waals surface area contributed by atoms with E-state index < -0.39 is 5.91 Å². The van der Waals surface area contributed by atoms with Gasteiger partial charge in [0.05, 0.1) is 11.1 Å². The molecule has 21 heavy (non-hydrogen) atoms. The number of hydrogen-bond acceptors (Lipinski definition) is 4. The summed E-state index contributed by atoms with van der Waals surface area (Å²) in [5.41, 5.74) is 12.6. The number of nitrogen functional groups attached to an aromatic ring is 1. The fourth-order valence-corrected chi connectivity index (χ4v) is 2.06. The van der Waals surface area contributed by atoms with E-state index in [-0.39, 0.29) is 5.56 Å². The topological polar surface area (TPSA) is 91.2 Å². The Morgan fingerprint density at radius 2 is 1.95 bits per heavy atom. The number of rotatable bonds is 3. The van der Waals surface area contributed by atoms with Gasteiger partial charge in [0, 0.05) is 29.4 Å². The molecule has 0 bridgehead atoms. The maximum absolute atomic E-state index is 11.4. The number of hydrogen-bond donors (Lipinski definition) is 2. The van der Waals surface area contributed by atoms with Crippen LogP contribution in [0.1, 0.15) is 10.4 Å². The fraction of sp³-hybridized carbons (Fsp3) is 0. The van der Waals surface area contributed by atoms with Gasteiger partial charge in [0.1, 0.15) is 11.5 Å². The van der Waals surface area contributed by atoms with E-state index in [9.17, 15) is 4.79 Å². The quantitative estimate of drug-likeness (QED) is 0.721. The van der Waals surface area contributed by atoms with Crippen LogP contribution >= 0.6 is 0 Å². The highest BCUT2D eigenvalue weighted by Gasteiger charge is 2.11. The number of primary amides is 1. The number of amides is 1. The van der Waals surface area contributed by atoms with Crippen molar-refractivity contribution in [2.45, 2.75) is 0 Å². The highest BCUT2D eigenvalue weighted by atomic mass is 16.5. The minimum atomic E-state index is -0.566. The summed E-state index contributed by atoms with van der Waals surface area (Å²) in [7, 11) is 0. The lowest BCUT2D eigenvalue weighted by Gasteiger charge is -2.10. The third-order valence-corrected chi connectivity index (χ3v) is 3.08. The van der Waals surface area contributed by atoms with Crippen molar-refractivity contribution in [2.75, 3.05) is 5.73 Å². The van der Waals surface area contributed by atoms with Gasteiger partial charge < -0.3 is 16.2 Å². The summed E-state index contributed by atoms with van der Waals surface area (Å²) in [6.07, 6.45) is 1.71. The van der Waals surface area contributed by atoms with E-state index in [1.165, 1.54) is 0 Å². The van der Waals surface area contributed by atoms with Gasteiger partial charge in [-0.3, -0.25) is 9.78 Å². The Bertz CT molecular complexity index is 831. The number of nitrogens with two attached hydrogens (primary N) is 2. The number of pyridine rings is 1. The summed E-state index contributed by atoms with van der Waals surface area (Å²) in [5.74, 6) is 0.330. The third-order valence-electron chi connectivity index (χ3n) is 3.08. The van der Waals surface area contributed by atoms with Gasteiger partial charge in [0.15, 0.2) is 0 Å². The fourth-order valence-electron chi connectivity index (χ4n) is 2.06. The Balaban J connectivity index is 2.02. The summed E-state index contributed by atoms with van der Waals surface area (Å²) >= 11 is 0. The van der Waals surface area contributed by atoms with E-state index >= 15 is 0 Å². The predicted molar refractivity (Wildman–Crippen MR) is 81.2 cm³/mol. The van der Waals surface area contributed by atoms with Gasteiger partial charge in [-0.1, -0.05) is 6.07 Å². The molecule has 3 rings (SSSR count). The van der Waals surface area contributed by atoms with Crippen LogP contribution in [-0.4, -0.2) is 10.9 Å². The lowest BCUT2D eigenvalue weighted by Crippen LogP contribution is -2.12. The molecular formula is C16H13N3O2. The number of carbonyl (C=O) groups excluding carboxylic acids is 1. The molecule has 0 atom stereocenters. The third kappa shape index (κ3) is 2.62. The number of nitrogens with zero attached hydrogens (tertiary/aromatic N) is 1. The molecule has 1 heterocycles. The molecular weight excluding hydrogens is 266 g/mol. The second-order valence-electron chi connectivity index (χ2n) is 4.58. The molecule has 0 aliphatic rings. The summed E-state index contributed by atoms with van der Waals surface area (Å²) in [4.78, 5) is 15.7. The molecule has 4 N–H and O–H groups in total. The van der Waals surface area contributed by atoms with E-state index in [1.807, 2.05) is 18.2 Å². The van der Waals surface area contributed by atoms with Crippen LogP contribution in [-0.2, 0) is 0 Å². The summed E-state index contributed by atoms with van der Waals surface area (Å²) in [5, 5.41) is 1.01. The van der Waals surface area contributed by atoms with E-state index in [0.29, 0.717) is 17.2 Å². The zero-order valence-corrected chi connectivity index (χ0v) is 11.1. The molecule has 1 amide bonds. The molecule has 5 nitrogen and oxygen atoms in total. The van der Waals surface area contributed by atoms with E-state index in [4.69, 9.17) is 16.2 Å². The van der Waals surface area contributed by atoms with Crippen LogP contribution in [0.4, 0.5) is 5.69 Å². The molecule has 0 saturated heterocycles. The molecule has 0 unspecified atom stereocenters. The second kappa shape index (κ2) is 5.13. The minimum absolute atomic E-state index is 0.283. The molecule has 3 aromatic rings. The predicted octanol–water partition coefficient (Wildman–Crippen LogP) is 2.71. The standard InChI is InChI=1S/C16H13N3O2/c17-11-4-6-13(16(18)20)15(8-11)21-12-5-3-10-2-1-7-19-14(10)9-12/h1-9H,17H2,(H2,18,20). The second-order valence-corrected chi connectivity index (χ2v) is 4.58. The van der Waals surface area contributed by atoms with Crippen molar-refractivity contribution in [2.24, 2.45) is 5.73 Å². The normalized spacial score (nSPS) is 10.5. The van der Waals surface area contributed by atoms with Crippen LogP contribution in [0.15, 0.2) is 54.7 Å². The number of fused-ring (bicyclic) bond motifs is 1. The van der Waals surface area contributed by atoms with E-state index in [2.05, 4.69) is 4.98 Å². The molecule has 0 aliphatic carbocycles. The van der Waals surface area contributed by atoms with Gasteiger partial charge in [-0.2, -0.15) is 0 Å². The molecule has 1 aromatic heterocycles. The summed E-state index contributed by atoms with van der Waals surface area (Å²) in [6.45, 7) is 0. The van der Waals surface area contributed by atoms with Crippen LogP contribution in [0.2, 0.25) is 0 Å². The zero-order valence-electron chi connectivity index (χ0n) is 11.1. The van der Waals surface area contributed by atoms with Crippen LogP contribution < -0.4 is 16.2 Å². The summed E-state index contributed by atoms with van der Waals surface area (Å²) in [6, 6.07) is 14.0. The number of carbonyl (C=O) groups is 1. The Hall–Kier alpha value is -3.08. The maximum Gasteiger partial charge on any atom is 0.252 e. The Kier molecular flexibility index (Phi) is 3.16. The van der Waals surface area contributed by atoms with Crippen molar-refractivity contribution in [1.29, 1.82) is 0 Å². The van der Waals surface area contributed by atoms with Gasteiger partial charge in [-0.15, -0.1) is 0 Å². The largest absolute Gasteiger partial charge is 0.456 e. The average Bonchev–Trinajstić information content (AvgIpc) is 2.47. The first-order chi connectivity index (χ1) is 10.1. The lowest BCUT2D eigenvalue weighted by molar-refractivity contribution is 0.0998. The number of anilines is 1. The highest BCUT2D eigenvalue weighted by molar-refractivity contribution is 5.96. The monoisotopic (exact) mass is 279 g/mol. The van der Waals surface area contributed by atoms with Crippen molar-refractivity contribution in [3.05, 3.63) is 60.3 Å². The van der Waals surface area contributed by atoms with E-state index in [0.717, 1.165) is 10.9 Å². The van der Waals surface area contributed by atoms with Crippen LogP contribution in [0, 0.1) is 0 Å². The minimum Gasteiger partial charge on any atom is -0.456 e. The van der Waals surface area contributed by atoms with Crippen molar-refractivity contribution < 1.29 is 9.53 Å². The van der Waals surface area contributed by atoms with Crippen molar-refractivity contribution >= 4 is 22.5 Å².